The van der Waals surface area contributed by atoms with E-state index in [2.05, 4.69) is 15.6 Å². The fourth-order valence-electron chi connectivity index (χ4n) is 1.68. The Morgan fingerprint density at radius 3 is 2.61 bits per heavy atom. The van der Waals surface area contributed by atoms with E-state index in [0.717, 1.165) is 12.1 Å². The Hall–Kier alpha value is -2.05. The number of carbonyl (C=O) groups excluding carboxylic acids is 1. The SMILES string of the molecule is CN=C1NC(=O)C(c2cccc(C(F)(F)F)c2)N1. The molecule has 0 saturated carbocycles. The second-order valence-electron chi connectivity index (χ2n) is 3.76. The van der Waals surface area contributed by atoms with Crippen LogP contribution in [0.4, 0.5) is 13.2 Å². The molecular formula is C11H10F3N3O. The lowest BCUT2D eigenvalue weighted by Crippen LogP contribution is -2.24. The van der Waals surface area contributed by atoms with Gasteiger partial charge in [0.25, 0.3) is 5.91 Å². The molecule has 1 aromatic rings. The highest BCUT2D eigenvalue weighted by Gasteiger charge is 2.34. The second kappa shape index (κ2) is 4.32. The topological polar surface area (TPSA) is 53.5 Å². The maximum absolute atomic E-state index is 12.6. The monoisotopic (exact) mass is 257 g/mol. The molecule has 1 aliphatic heterocycles. The number of nitrogens with one attached hydrogen (secondary N) is 2. The highest BCUT2D eigenvalue weighted by atomic mass is 19.4. The lowest BCUT2D eigenvalue weighted by molar-refractivity contribution is -0.137. The van der Waals surface area contributed by atoms with E-state index in [4.69, 9.17) is 0 Å². The number of guanidine groups is 1. The van der Waals surface area contributed by atoms with Crippen LogP contribution in [0.1, 0.15) is 17.2 Å². The fraction of sp³-hybridized carbons (Fsp3) is 0.273. The van der Waals surface area contributed by atoms with Crippen molar-refractivity contribution >= 4 is 11.9 Å². The van der Waals surface area contributed by atoms with Crippen molar-refractivity contribution in [2.45, 2.75) is 12.2 Å². The van der Waals surface area contributed by atoms with Gasteiger partial charge >= 0.3 is 6.18 Å². The standard InChI is InChI=1S/C11H10F3N3O/c1-15-10-16-8(9(18)17-10)6-3-2-4-7(5-6)11(12,13)14/h2-5,8H,1H3,(H2,15,16,17,18). The third-order valence-electron chi connectivity index (χ3n) is 2.56. The quantitative estimate of drug-likeness (QED) is 0.800. The van der Waals surface area contributed by atoms with Crippen molar-refractivity contribution in [3.8, 4) is 0 Å². The van der Waals surface area contributed by atoms with Crippen molar-refractivity contribution in [2.24, 2.45) is 4.99 Å². The van der Waals surface area contributed by atoms with Gasteiger partial charge in [-0.05, 0) is 17.7 Å². The van der Waals surface area contributed by atoms with Crippen LogP contribution in [0.15, 0.2) is 29.3 Å². The van der Waals surface area contributed by atoms with E-state index in [9.17, 15) is 18.0 Å². The predicted molar refractivity (Wildman–Crippen MR) is 58.8 cm³/mol. The van der Waals surface area contributed by atoms with Gasteiger partial charge in [0.15, 0.2) is 5.96 Å². The van der Waals surface area contributed by atoms with Crippen molar-refractivity contribution in [1.82, 2.24) is 10.6 Å². The third kappa shape index (κ3) is 2.29. The fourth-order valence-corrected chi connectivity index (χ4v) is 1.68. The van der Waals surface area contributed by atoms with Crippen LogP contribution in [0.2, 0.25) is 0 Å². The maximum Gasteiger partial charge on any atom is 0.416 e. The maximum atomic E-state index is 12.6. The average Bonchev–Trinajstić information content (AvgIpc) is 2.70. The zero-order chi connectivity index (χ0) is 13.3. The largest absolute Gasteiger partial charge is 0.416 e. The molecule has 1 atom stereocenters. The van der Waals surface area contributed by atoms with Crippen LogP contribution in [0.25, 0.3) is 0 Å². The van der Waals surface area contributed by atoms with Crippen LogP contribution in [-0.2, 0) is 11.0 Å². The summed E-state index contributed by atoms with van der Waals surface area (Å²) in [5, 5.41) is 5.14. The van der Waals surface area contributed by atoms with Crippen LogP contribution in [0.3, 0.4) is 0 Å². The van der Waals surface area contributed by atoms with E-state index in [-0.39, 0.29) is 11.5 Å². The first-order valence-electron chi connectivity index (χ1n) is 5.13. The summed E-state index contributed by atoms with van der Waals surface area (Å²) >= 11 is 0. The van der Waals surface area contributed by atoms with Crippen LogP contribution >= 0.6 is 0 Å². The smallest absolute Gasteiger partial charge is 0.340 e. The van der Waals surface area contributed by atoms with Gasteiger partial charge in [-0.2, -0.15) is 13.2 Å². The molecule has 0 aromatic heterocycles. The summed E-state index contributed by atoms with van der Waals surface area (Å²) in [6.45, 7) is 0. The van der Waals surface area contributed by atoms with Gasteiger partial charge in [0.05, 0.1) is 5.56 Å². The Bertz CT molecular complexity index is 511. The Morgan fingerprint density at radius 2 is 2.06 bits per heavy atom. The molecule has 0 spiro atoms. The van der Waals surface area contributed by atoms with E-state index in [1.54, 1.807) is 0 Å². The number of aliphatic imine (C=N–C) groups is 1. The van der Waals surface area contributed by atoms with Crippen molar-refractivity contribution in [3.63, 3.8) is 0 Å². The third-order valence-corrected chi connectivity index (χ3v) is 2.56. The Kier molecular flexibility index (Phi) is 2.98. The van der Waals surface area contributed by atoms with Crippen LogP contribution in [0.5, 0.6) is 0 Å². The van der Waals surface area contributed by atoms with Crippen molar-refractivity contribution in [3.05, 3.63) is 35.4 Å². The number of benzene rings is 1. The summed E-state index contributed by atoms with van der Waals surface area (Å²) in [6.07, 6.45) is -4.42. The molecule has 1 aliphatic rings. The summed E-state index contributed by atoms with van der Waals surface area (Å²) in [5.74, 6) is -0.169. The van der Waals surface area contributed by atoms with Gasteiger partial charge in [0.2, 0.25) is 0 Å². The van der Waals surface area contributed by atoms with E-state index in [0.29, 0.717) is 0 Å². The molecule has 1 fully saturated rings. The van der Waals surface area contributed by atoms with Gasteiger partial charge in [-0.3, -0.25) is 15.1 Å². The molecule has 2 rings (SSSR count). The van der Waals surface area contributed by atoms with Crippen LogP contribution in [-0.4, -0.2) is 18.9 Å². The molecule has 1 aromatic carbocycles. The molecule has 1 heterocycles. The van der Waals surface area contributed by atoms with Gasteiger partial charge in [-0.25, -0.2) is 0 Å². The number of carbonyl (C=O) groups is 1. The molecule has 1 amide bonds. The van der Waals surface area contributed by atoms with Crippen LogP contribution < -0.4 is 10.6 Å². The molecule has 0 bridgehead atoms. The summed E-state index contributed by atoms with van der Waals surface area (Å²) in [6, 6.07) is 3.81. The number of rotatable bonds is 1. The van der Waals surface area contributed by atoms with E-state index in [1.165, 1.54) is 19.2 Å². The van der Waals surface area contributed by atoms with E-state index in [1.807, 2.05) is 0 Å². The highest BCUT2D eigenvalue weighted by molar-refractivity contribution is 6.06. The number of nitrogens with zero attached hydrogens (tertiary/aromatic N) is 1. The Morgan fingerprint density at radius 1 is 1.33 bits per heavy atom. The Balaban J connectivity index is 2.33. The molecule has 18 heavy (non-hydrogen) atoms. The van der Waals surface area contributed by atoms with Gasteiger partial charge in [0.1, 0.15) is 6.04 Å². The second-order valence-corrected chi connectivity index (χ2v) is 3.76. The van der Waals surface area contributed by atoms with Gasteiger partial charge in [-0.1, -0.05) is 12.1 Å². The molecule has 4 nitrogen and oxygen atoms in total. The molecule has 96 valence electrons. The molecule has 1 saturated heterocycles. The summed E-state index contributed by atoms with van der Waals surface area (Å²) in [4.78, 5) is 15.3. The zero-order valence-electron chi connectivity index (χ0n) is 9.38. The molecule has 0 radical (unpaired) electrons. The van der Waals surface area contributed by atoms with Crippen molar-refractivity contribution < 1.29 is 18.0 Å². The van der Waals surface area contributed by atoms with Gasteiger partial charge < -0.3 is 5.32 Å². The van der Waals surface area contributed by atoms with E-state index >= 15 is 0 Å². The van der Waals surface area contributed by atoms with Crippen molar-refractivity contribution in [1.29, 1.82) is 0 Å². The first kappa shape index (κ1) is 12.4. The number of hydrogen-bond donors (Lipinski definition) is 2. The highest BCUT2D eigenvalue weighted by Crippen LogP contribution is 2.31. The summed E-state index contributed by atoms with van der Waals surface area (Å²) in [5.41, 5.74) is -0.530. The zero-order valence-corrected chi connectivity index (χ0v) is 9.38. The molecular weight excluding hydrogens is 247 g/mol. The summed E-state index contributed by atoms with van der Waals surface area (Å²) in [7, 11) is 1.47. The number of alkyl halides is 3. The molecule has 2 N–H and O–H groups in total. The predicted octanol–water partition coefficient (Wildman–Crippen LogP) is 1.45. The lowest BCUT2D eigenvalue weighted by Gasteiger charge is -2.11. The first-order valence-corrected chi connectivity index (χ1v) is 5.13. The molecule has 1 unspecified atom stereocenters. The normalized spacial score (nSPS) is 21.9. The number of hydrogen-bond acceptors (Lipinski definition) is 2. The van der Waals surface area contributed by atoms with Crippen molar-refractivity contribution in [2.75, 3.05) is 7.05 Å². The minimum atomic E-state index is -4.42. The van der Waals surface area contributed by atoms with E-state index < -0.39 is 23.7 Å². The minimum Gasteiger partial charge on any atom is -0.340 e. The molecule has 7 heteroatoms. The lowest BCUT2D eigenvalue weighted by atomic mass is 10.0. The molecule has 0 aliphatic carbocycles. The van der Waals surface area contributed by atoms with Crippen LogP contribution in [0, 0.1) is 0 Å². The van der Waals surface area contributed by atoms with Gasteiger partial charge in [0, 0.05) is 7.05 Å². The average molecular weight is 257 g/mol. The first-order chi connectivity index (χ1) is 8.41. The minimum absolute atomic E-state index is 0.251. The van der Waals surface area contributed by atoms with Gasteiger partial charge in [-0.15, -0.1) is 0 Å². The number of halogens is 3. The Labute approximate surface area is 101 Å². The number of amides is 1. The summed E-state index contributed by atoms with van der Waals surface area (Å²) < 4.78 is 37.7.